The van der Waals surface area contributed by atoms with Gasteiger partial charge in [0, 0.05) is 13.0 Å². The zero-order valence-corrected chi connectivity index (χ0v) is 21.8. The van der Waals surface area contributed by atoms with Crippen LogP contribution in [0.5, 0.6) is 0 Å². The molecule has 3 rings (SSSR count). The first kappa shape index (κ1) is 28.6. The molecular weight excluding hydrogens is 488 g/mol. The number of benzene rings is 2. The molecule has 4 N–H and O–H groups in total. The van der Waals surface area contributed by atoms with E-state index in [1.54, 1.807) is 12.4 Å². The lowest BCUT2D eigenvalue weighted by Crippen LogP contribution is -2.58. The van der Waals surface area contributed by atoms with Crippen molar-refractivity contribution in [1.82, 2.24) is 21.0 Å². The van der Waals surface area contributed by atoms with E-state index in [9.17, 15) is 19.2 Å². The highest BCUT2D eigenvalue weighted by Crippen LogP contribution is 2.20. The van der Waals surface area contributed by atoms with Gasteiger partial charge in [-0.05, 0) is 29.9 Å². The second-order valence-corrected chi connectivity index (χ2v) is 9.49. The van der Waals surface area contributed by atoms with Gasteiger partial charge in [-0.25, -0.2) is 10.3 Å². The topological polar surface area (TPSA) is 137 Å². The third-order valence-electron chi connectivity index (χ3n) is 6.81. The van der Waals surface area contributed by atoms with E-state index in [1.807, 2.05) is 67.6 Å². The van der Waals surface area contributed by atoms with Crippen molar-refractivity contribution in [1.29, 1.82) is 0 Å². The van der Waals surface area contributed by atoms with E-state index in [2.05, 4.69) is 10.6 Å². The highest BCUT2D eigenvalue weighted by atomic mass is 16.6. The minimum absolute atomic E-state index is 0.0907. The number of hydrogen-bond donors (Lipinski definition) is 4. The molecule has 1 heterocycles. The van der Waals surface area contributed by atoms with Crippen LogP contribution in [-0.4, -0.2) is 58.6 Å². The lowest BCUT2D eigenvalue weighted by molar-refractivity contribution is -0.137. The predicted octanol–water partition coefficient (Wildman–Crippen LogP) is 2.55. The summed E-state index contributed by atoms with van der Waals surface area (Å²) in [5, 5.41) is 14.6. The summed E-state index contributed by atoms with van der Waals surface area (Å²) < 4.78 is 5.43. The van der Waals surface area contributed by atoms with Gasteiger partial charge in [0.2, 0.25) is 11.8 Å². The Bertz CT molecular complexity index is 1080. The average molecular weight is 525 g/mol. The van der Waals surface area contributed by atoms with E-state index in [1.165, 1.54) is 4.90 Å². The predicted molar refractivity (Wildman–Crippen MR) is 140 cm³/mol. The van der Waals surface area contributed by atoms with E-state index in [-0.39, 0.29) is 18.9 Å². The Morgan fingerprint density at radius 2 is 1.61 bits per heavy atom. The minimum Gasteiger partial charge on any atom is -0.445 e. The molecule has 0 saturated carbocycles. The Labute approximate surface area is 222 Å². The number of nitrogens with one attached hydrogen (secondary N) is 3. The maximum Gasteiger partial charge on any atom is 0.410 e. The monoisotopic (exact) mass is 524 g/mol. The van der Waals surface area contributed by atoms with Crippen LogP contribution < -0.4 is 16.1 Å². The second kappa shape index (κ2) is 14.1. The molecule has 0 spiro atoms. The number of nitrogens with zero attached hydrogens (tertiary/aromatic N) is 1. The molecule has 10 nitrogen and oxygen atoms in total. The molecule has 4 atom stereocenters. The molecule has 2 aromatic rings. The standard InChI is InChI=1S/C28H36N4O6/c1-3-19(2)24(27(35)31-37)30-25(33)22(17-20-11-6-4-7-12-20)29-26(34)23-15-10-16-32(23)28(36)38-18-21-13-8-5-9-14-21/h4-9,11-14,19,22-24,37H,3,10,15-18H2,1-2H3,(H,29,34)(H,30,33)(H,31,35)/t19-,22-,23-,24-/m0/s1. The number of amides is 4. The molecule has 1 aliphatic heterocycles. The van der Waals surface area contributed by atoms with Crippen LogP contribution in [0.15, 0.2) is 60.7 Å². The van der Waals surface area contributed by atoms with Gasteiger partial charge in [0.25, 0.3) is 5.91 Å². The normalized spacial score (nSPS) is 17.1. The summed E-state index contributed by atoms with van der Waals surface area (Å²) in [4.78, 5) is 53.1. The Morgan fingerprint density at radius 1 is 0.974 bits per heavy atom. The van der Waals surface area contributed by atoms with Crippen molar-refractivity contribution in [3.8, 4) is 0 Å². The van der Waals surface area contributed by atoms with Gasteiger partial charge in [-0.1, -0.05) is 80.9 Å². The van der Waals surface area contributed by atoms with Crippen molar-refractivity contribution in [2.24, 2.45) is 5.92 Å². The summed E-state index contributed by atoms with van der Waals surface area (Å²) in [5.74, 6) is -2.03. The van der Waals surface area contributed by atoms with Crippen LogP contribution in [0.25, 0.3) is 0 Å². The van der Waals surface area contributed by atoms with E-state index in [0.717, 1.165) is 11.1 Å². The number of likely N-dealkylation sites (tertiary alicyclic amines) is 1. The van der Waals surface area contributed by atoms with Gasteiger partial charge in [0.05, 0.1) is 0 Å². The van der Waals surface area contributed by atoms with Crippen molar-refractivity contribution in [2.75, 3.05) is 6.54 Å². The zero-order chi connectivity index (χ0) is 27.5. The number of carbonyl (C=O) groups excluding carboxylic acids is 4. The summed E-state index contributed by atoms with van der Waals surface area (Å²) in [6.07, 6.45) is 1.23. The lowest BCUT2D eigenvalue weighted by atomic mass is 9.97. The molecule has 10 heteroatoms. The third kappa shape index (κ3) is 7.79. The van der Waals surface area contributed by atoms with Gasteiger partial charge < -0.3 is 15.4 Å². The Morgan fingerprint density at radius 3 is 2.21 bits per heavy atom. The van der Waals surface area contributed by atoms with Gasteiger partial charge in [-0.2, -0.15) is 0 Å². The highest BCUT2D eigenvalue weighted by molar-refractivity contribution is 5.94. The van der Waals surface area contributed by atoms with Crippen LogP contribution in [0.2, 0.25) is 0 Å². The molecular formula is C28H36N4O6. The summed E-state index contributed by atoms with van der Waals surface area (Å²) in [6, 6.07) is 15.7. The number of hydrogen-bond acceptors (Lipinski definition) is 6. The number of rotatable bonds is 11. The van der Waals surface area contributed by atoms with Gasteiger partial charge in [-0.3, -0.25) is 24.5 Å². The van der Waals surface area contributed by atoms with Crippen LogP contribution in [0, 0.1) is 5.92 Å². The zero-order valence-electron chi connectivity index (χ0n) is 21.8. The van der Waals surface area contributed by atoms with Crippen LogP contribution >= 0.6 is 0 Å². The molecule has 38 heavy (non-hydrogen) atoms. The Kier molecular flexibility index (Phi) is 10.7. The first-order valence-corrected chi connectivity index (χ1v) is 12.9. The highest BCUT2D eigenvalue weighted by Gasteiger charge is 2.37. The van der Waals surface area contributed by atoms with Crippen molar-refractivity contribution in [3.63, 3.8) is 0 Å². The van der Waals surface area contributed by atoms with Crippen molar-refractivity contribution in [2.45, 2.75) is 64.3 Å². The second-order valence-electron chi connectivity index (χ2n) is 9.49. The van der Waals surface area contributed by atoms with Crippen molar-refractivity contribution < 1.29 is 29.1 Å². The summed E-state index contributed by atoms with van der Waals surface area (Å²) in [7, 11) is 0. The van der Waals surface area contributed by atoms with Crippen molar-refractivity contribution >= 4 is 23.8 Å². The molecule has 1 aliphatic rings. The summed E-state index contributed by atoms with van der Waals surface area (Å²) in [5.41, 5.74) is 3.25. The van der Waals surface area contributed by atoms with E-state index < -0.39 is 41.9 Å². The van der Waals surface area contributed by atoms with Gasteiger partial charge in [0.1, 0.15) is 24.7 Å². The van der Waals surface area contributed by atoms with Gasteiger partial charge >= 0.3 is 6.09 Å². The molecule has 2 aromatic carbocycles. The summed E-state index contributed by atoms with van der Waals surface area (Å²) >= 11 is 0. The summed E-state index contributed by atoms with van der Waals surface area (Å²) in [6.45, 7) is 4.10. The van der Waals surface area contributed by atoms with Crippen LogP contribution in [0.3, 0.4) is 0 Å². The molecule has 1 saturated heterocycles. The maximum absolute atomic E-state index is 13.3. The first-order chi connectivity index (χ1) is 18.3. The number of ether oxygens (including phenoxy) is 1. The fourth-order valence-corrected chi connectivity index (χ4v) is 4.41. The Hall–Kier alpha value is -3.92. The molecule has 204 valence electrons. The van der Waals surface area contributed by atoms with Gasteiger partial charge in [-0.15, -0.1) is 0 Å². The van der Waals surface area contributed by atoms with Crippen molar-refractivity contribution in [3.05, 3.63) is 71.8 Å². The molecule has 4 amide bonds. The largest absolute Gasteiger partial charge is 0.445 e. The number of carbonyl (C=O) groups is 4. The lowest BCUT2D eigenvalue weighted by Gasteiger charge is -2.28. The van der Waals surface area contributed by atoms with Crippen LogP contribution in [0.1, 0.15) is 44.2 Å². The van der Waals surface area contributed by atoms with Crippen LogP contribution in [-0.2, 0) is 32.1 Å². The molecule has 0 radical (unpaired) electrons. The molecule has 0 aliphatic carbocycles. The number of hydroxylamine groups is 1. The first-order valence-electron chi connectivity index (χ1n) is 12.9. The van der Waals surface area contributed by atoms with Crippen LogP contribution in [0.4, 0.5) is 4.79 Å². The molecule has 1 fully saturated rings. The third-order valence-corrected chi connectivity index (χ3v) is 6.81. The quantitative estimate of drug-likeness (QED) is 0.263. The SMILES string of the molecule is CC[C@H](C)[C@H](NC(=O)[C@H](Cc1ccccc1)NC(=O)[C@@H]1CCCN1C(=O)OCc1ccccc1)C(=O)NO. The average Bonchev–Trinajstić information content (AvgIpc) is 3.45. The Balaban J connectivity index is 1.72. The van der Waals surface area contributed by atoms with Gasteiger partial charge in [0.15, 0.2) is 0 Å². The van der Waals surface area contributed by atoms with E-state index in [0.29, 0.717) is 25.8 Å². The fraction of sp³-hybridized carbons (Fsp3) is 0.429. The minimum atomic E-state index is -1.01. The molecule has 0 aromatic heterocycles. The smallest absolute Gasteiger partial charge is 0.410 e. The fourth-order valence-electron chi connectivity index (χ4n) is 4.41. The molecule has 0 unspecified atom stereocenters. The molecule has 0 bridgehead atoms. The van der Waals surface area contributed by atoms with E-state index >= 15 is 0 Å². The maximum atomic E-state index is 13.3. The van der Waals surface area contributed by atoms with E-state index in [4.69, 9.17) is 9.94 Å².